The first kappa shape index (κ1) is 9.83. The Morgan fingerprint density at radius 2 is 2.33 bits per heavy atom. The molecule has 3 N–H and O–H groups in total. The molecule has 2 atom stereocenters. The van der Waals surface area contributed by atoms with E-state index in [2.05, 4.69) is 12.6 Å². The van der Waals surface area contributed by atoms with E-state index >= 15 is 0 Å². The van der Waals surface area contributed by atoms with Crippen LogP contribution < -0.4 is 5.73 Å². The molecule has 1 rings (SSSR count). The molecule has 0 saturated carbocycles. The summed E-state index contributed by atoms with van der Waals surface area (Å²) in [4.78, 5) is 9.58. The summed E-state index contributed by atoms with van der Waals surface area (Å²) in [6.07, 6.45) is 2.47. The van der Waals surface area contributed by atoms with Gasteiger partial charge >= 0.3 is 5.97 Å². The monoisotopic (exact) mass is 191 g/mol. The van der Waals surface area contributed by atoms with Gasteiger partial charge in [-0.2, -0.15) is 0 Å². The Bertz CT molecular complexity index is 179. The van der Waals surface area contributed by atoms with E-state index in [0.29, 0.717) is 13.0 Å². The van der Waals surface area contributed by atoms with Crippen LogP contribution in [0.4, 0.5) is 0 Å². The van der Waals surface area contributed by atoms with Crippen molar-refractivity contribution < 1.29 is 14.6 Å². The number of hydrogen-bond donors (Lipinski definition) is 3. The van der Waals surface area contributed by atoms with E-state index in [-0.39, 0.29) is 0 Å². The predicted molar refractivity (Wildman–Crippen MR) is 47.1 cm³/mol. The van der Waals surface area contributed by atoms with Crippen molar-refractivity contribution in [2.45, 2.75) is 30.2 Å². The molecule has 0 amide bonds. The Morgan fingerprint density at radius 1 is 1.67 bits per heavy atom. The van der Waals surface area contributed by atoms with Crippen LogP contribution in [0.15, 0.2) is 0 Å². The number of nitrogens with two attached hydrogens (primary N) is 1. The molecule has 0 aromatic rings. The number of carbonyl (C=O) groups is 1. The molecule has 0 aliphatic carbocycles. The number of carboxylic acids is 1. The highest BCUT2D eigenvalue weighted by molar-refractivity contribution is 7.81. The average Bonchev–Trinajstić information content (AvgIpc) is 2.04. The maximum Gasteiger partial charge on any atom is 0.324 e. The third-order valence-electron chi connectivity index (χ3n) is 2.03. The average molecular weight is 191 g/mol. The lowest BCUT2D eigenvalue weighted by molar-refractivity contribution is -0.145. The van der Waals surface area contributed by atoms with Crippen LogP contribution in [-0.2, 0) is 9.53 Å². The number of hydrogen-bond acceptors (Lipinski definition) is 4. The molecule has 1 fully saturated rings. The number of carboxylic acid groups (broad SMARTS) is 1. The molecular weight excluding hydrogens is 178 g/mol. The molecule has 12 heavy (non-hydrogen) atoms. The Hall–Kier alpha value is -0.260. The molecule has 0 aromatic carbocycles. The van der Waals surface area contributed by atoms with Crippen LogP contribution in [0.25, 0.3) is 0 Å². The summed E-state index contributed by atoms with van der Waals surface area (Å²) in [5, 5.41) is 8.65. The van der Waals surface area contributed by atoms with Crippen molar-refractivity contribution in [2.75, 3.05) is 6.61 Å². The fourth-order valence-corrected chi connectivity index (χ4v) is 1.60. The second kappa shape index (κ2) is 3.64. The second-order valence-corrected chi connectivity index (χ2v) is 3.72. The maximum atomic E-state index is 10.5. The van der Waals surface area contributed by atoms with Gasteiger partial charge in [-0.1, -0.05) is 0 Å². The summed E-state index contributed by atoms with van der Waals surface area (Å²) in [6.45, 7) is 0.546. The molecule has 70 valence electrons. The molecule has 0 aromatic heterocycles. The first-order chi connectivity index (χ1) is 5.56. The van der Waals surface area contributed by atoms with Gasteiger partial charge in [0.2, 0.25) is 0 Å². The summed E-state index contributed by atoms with van der Waals surface area (Å²) in [6, 6.07) is -1.04. The Balaban J connectivity index is 2.62. The topological polar surface area (TPSA) is 72.6 Å². The summed E-state index contributed by atoms with van der Waals surface area (Å²) >= 11 is 4.16. The van der Waals surface area contributed by atoms with E-state index in [0.717, 1.165) is 12.8 Å². The second-order valence-electron chi connectivity index (χ2n) is 2.97. The lowest BCUT2D eigenvalue weighted by Gasteiger charge is -2.35. The Morgan fingerprint density at radius 3 is 2.75 bits per heavy atom. The van der Waals surface area contributed by atoms with Gasteiger partial charge in [0.05, 0.1) is 0 Å². The van der Waals surface area contributed by atoms with E-state index in [9.17, 15) is 4.79 Å². The smallest absolute Gasteiger partial charge is 0.324 e. The van der Waals surface area contributed by atoms with Gasteiger partial charge in [0.15, 0.2) is 0 Å². The van der Waals surface area contributed by atoms with Crippen molar-refractivity contribution in [3.8, 4) is 0 Å². The normalized spacial score (nSPS) is 32.8. The van der Waals surface area contributed by atoms with Gasteiger partial charge in [-0.3, -0.25) is 4.79 Å². The van der Waals surface area contributed by atoms with Crippen molar-refractivity contribution in [1.29, 1.82) is 0 Å². The molecule has 1 heterocycles. The highest BCUT2D eigenvalue weighted by atomic mass is 32.1. The third kappa shape index (κ3) is 1.91. The van der Waals surface area contributed by atoms with Gasteiger partial charge in [0.25, 0.3) is 0 Å². The van der Waals surface area contributed by atoms with Crippen molar-refractivity contribution in [1.82, 2.24) is 0 Å². The van der Waals surface area contributed by atoms with E-state index < -0.39 is 16.9 Å². The quantitative estimate of drug-likeness (QED) is 0.546. The zero-order valence-corrected chi connectivity index (χ0v) is 7.59. The summed E-state index contributed by atoms with van der Waals surface area (Å²) < 4.78 is 5.25. The summed E-state index contributed by atoms with van der Waals surface area (Å²) in [7, 11) is 0. The molecule has 0 bridgehead atoms. The van der Waals surface area contributed by atoms with Crippen LogP contribution in [0.1, 0.15) is 19.3 Å². The predicted octanol–water partition coefficient (Wildman–Crippen LogP) is 0.225. The van der Waals surface area contributed by atoms with E-state index in [1.54, 1.807) is 0 Å². The van der Waals surface area contributed by atoms with Crippen molar-refractivity contribution in [3.05, 3.63) is 0 Å². The van der Waals surface area contributed by atoms with E-state index in [1.165, 1.54) is 0 Å². The molecule has 1 aliphatic heterocycles. The molecule has 0 spiro atoms. The fourth-order valence-electron chi connectivity index (χ4n) is 1.24. The molecule has 1 aliphatic rings. The van der Waals surface area contributed by atoms with E-state index in [4.69, 9.17) is 15.6 Å². The van der Waals surface area contributed by atoms with Gasteiger partial charge in [-0.15, -0.1) is 12.6 Å². The van der Waals surface area contributed by atoms with Gasteiger partial charge in [0.1, 0.15) is 11.0 Å². The van der Waals surface area contributed by atoms with E-state index in [1.807, 2.05) is 0 Å². The number of ether oxygens (including phenoxy) is 1. The number of thiol groups is 1. The standard InChI is InChI=1S/C7H13NO3S/c8-5(6(9)10)7(12)3-1-2-4-11-7/h5,12H,1-4,8H2,(H,9,10). The molecule has 2 unspecified atom stereocenters. The van der Waals surface area contributed by atoms with Crippen molar-refractivity contribution >= 4 is 18.6 Å². The fraction of sp³-hybridized carbons (Fsp3) is 0.857. The molecule has 0 radical (unpaired) electrons. The highest BCUT2D eigenvalue weighted by Crippen LogP contribution is 2.30. The van der Waals surface area contributed by atoms with Crippen molar-refractivity contribution in [2.24, 2.45) is 5.73 Å². The number of rotatable bonds is 2. The molecule has 1 saturated heterocycles. The Labute approximate surface area is 76.5 Å². The Kier molecular flexibility index (Phi) is 2.98. The molecule has 5 heteroatoms. The minimum absolute atomic E-state index is 0.546. The van der Waals surface area contributed by atoms with Crippen LogP contribution in [0, 0.1) is 0 Å². The first-order valence-electron chi connectivity index (χ1n) is 3.91. The lowest BCUT2D eigenvalue weighted by atomic mass is 10.0. The molecule has 4 nitrogen and oxygen atoms in total. The van der Waals surface area contributed by atoms with Gasteiger partial charge < -0.3 is 15.6 Å². The zero-order valence-electron chi connectivity index (χ0n) is 6.69. The zero-order chi connectivity index (χ0) is 9.19. The van der Waals surface area contributed by atoms with Crippen molar-refractivity contribution in [3.63, 3.8) is 0 Å². The van der Waals surface area contributed by atoms with Gasteiger partial charge in [-0.25, -0.2) is 0 Å². The third-order valence-corrected chi connectivity index (χ3v) is 2.66. The van der Waals surface area contributed by atoms with Crippen LogP contribution in [0.3, 0.4) is 0 Å². The van der Waals surface area contributed by atoms with Crippen LogP contribution in [-0.4, -0.2) is 28.7 Å². The summed E-state index contributed by atoms with van der Waals surface area (Å²) in [5.41, 5.74) is 5.42. The molecular formula is C7H13NO3S. The highest BCUT2D eigenvalue weighted by Gasteiger charge is 2.39. The van der Waals surface area contributed by atoms with Crippen LogP contribution >= 0.6 is 12.6 Å². The van der Waals surface area contributed by atoms with Gasteiger partial charge in [-0.05, 0) is 19.3 Å². The van der Waals surface area contributed by atoms with Gasteiger partial charge in [0, 0.05) is 6.61 Å². The summed E-state index contributed by atoms with van der Waals surface area (Å²) in [5.74, 6) is -1.06. The SMILES string of the molecule is NC(C(=O)O)C1(S)CCCCO1. The maximum absolute atomic E-state index is 10.5. The first-order valence-corrected chi connectivity index (χ1v) is 4.36. The lowest BCUT2D eigenvalue weighted by Crippen LogP contribution is -2.52. The van der Waals surface area contributed by atoms with Crippen LogP contribution in [0.5, 0.6) is 0 Å². The largest absolute Gasteiger partial charge is 0.480 e. The minimum atomic E-state index is -1.06. The number of aliphatic carboxylic acids is 1. The van der Waals surface area contributed by atoms with Crippen LogP contribution in [0.2, 0.25) is 0 Å². The minimum Gasteiger partial charge on any atom is -0.480 e.